The third-order valence-corrected chi connectivity index (χ3v) is 4.56. The van der Waals surface area contributed by atoms with Gasteiger partial charge in [-0.15, -0.1) is 0 Å². The minimum atomic E-state index is 0.531. The van der Waals surface area contributed by atoms with Crippen LogP contribution in [0.1, 0.15) is 30.9 Å². The number of benzene rings is 1. The second-order valence-electron chi connectivity index (χ2n) is 6.30. The van der Waals surface area contributed by atoms with Gasteiger partial charge in [-0.2, -0.15) is 0 Å². The zero-order valence-electron chi connectivity index (χ0n) is 12.6. The highest BCUT2D eigenvalue weighted by molar-refractivity contribution is 5.19. The van der Waals surface area contributed by atoms with E-state index < -0.39 is 0 Å². The lowest BCUT2D eigenvalue weighted by atomic mass is 10.0. The molecule has 0 bridgehead atoms. The van der Waals surface area contributed by atoms with Crippen LogP contribution >= 0.6 is 0 Å². The molecule has 1 saturated carbocycles. The Kier molecular flexibility index (Phi) is 4.71. The molecule has 1 unspecified atom stereocenters. The van der Waals surface area contributed by atoms with Gasteiger partial charge in [-0.1, -0.05) is 30.3 Å². The molecule has 1 aromatic carbocycles. The number of rotatable bonds is 5. The van der Waals surface area contributed by atoms with Crippen LogP contribution in [0.5, 0.6) is 0 Å². The van der Waals surface area contributed by atoms with Crippen molar-refractivity contribution in [1.82, 2.24) is 15.1 Å². The maximum atomic E-state index is 3.73. The Labute approximate surface area is 123 Å². The first-order chi connectivity index (χ1) is 9.83. The van der Waals surface area contributed by atoms with E-state index in [1.54, 1.807) is 0 Å². The van der Waals surface area contributed by atoms with Gasteiger partial charge in [0, 0.05) is 38.3 Å². The highest BCUT2D eigenvalue weighted by atomic mass is 15.2. The highest BCUT2D eigenvalue weighted by Gasteiger charge is 2.26. The molecule has 1 heterocycles. The van der Waals surface area contributed by atoms with Crippen molar-refractivity contribution in [2.75, 3.05) is 39.8 Å². The lowest BCUT2D eigenvalue weighted by molar-refractivity contribution is 0.198. The Bertz CT molecular complexity index is 402. The van der Waals surface area contributed by atoms with E-state index in [0.29, 0.717) is 6.04 Å². The van der Waals surface area contributed by atoms with Crippen molar-refractivity contribution in [3.8, 4) is 0 Å². The van der Waals surface area contributed by atoms with Gasteiger partial charge in [0.1, 0.15) is 0 Å². The van der Waals surface area contributed by atoms with E-state index >= 15 is 0 Å². The Morgan fingerprint density at radius 2 is 1.90 bits per heavy atom. The van der Waals surface area contributed by atoms with Crippen LogP contribution in [0.4, 0.5) is 0 Å². The fourth-order valence-electron chi connectivity index (χ4n) is 3.08. The van der Waals surface area contributed by atoms with Crippen molar-refractivity contribution in [1.29, 1.82) is 0 Å². The second kappa shape index (κ2) is 6.70. The van der Waals surface area contributed by atoms with Crippen LogP contribution in [-0.2, 0) is 0 Å². The predicted octanol–water partition coefficient (Wildman–Crippen LogP) is 2.12. The molecule has 0 amide bonds. The molecular formula is C17H27N3. The van der Waals surface area contributed by atoms with E-state index in [1.165, 1.54) is 51.0 Å². The first kappa shape index (κ1) is 14.1. The van der Waals surface area contributed by atoms with Crippen molar-refractivity contribution in [2.24, 2.45) is 0 Å². The van der Waals surface area contributed by atoms with Gasteiger partial charge >= 0.3 is 0 Å². The second-order valence-corrected chi connectivity index (χ2v) is 6.30. The van der Waals surface area contributed by atoms with Crippen LogP contribution < -0.4 is 5.32 Å². The normalized spacial score (nSPS) is 23.4. The van der Waals surface area contributed by atoms with Crippen LogP contribution in [0, 0.1) is 0 Å². The van der Waals surface area contributed by atoms with Crippen molar-refractivity contribution in [3.63, 3.8) is 0 Å². The molecule has 0 aromatic heterocycles. The van der Waals surface area contributed by atoms with E-state index in [9.17, 15) is 0 Å². The van der Waals surface area contributed by atoms with Gasteiger partial charge in [0.05, 0.1) is 0 Å². The first-order valence-electron chi connectivity index (χ1n) is 8.04. The Morgan fingerprint density at radius 1 is 1.10 bits per heavy atom. The predicted molar refractivity (Wildman–Crippen MR) is 83.9 cm³/mol. The van der Waals surface area contributed by atoms with Gasteiger partial charge in [-0.3, -0.25) is 4.90 Å². The minimum absolute atomic E-state index is 0.531. The molecule has 1 saturated heterocycles. The fraction of sp³-hybridized carbons (Fsp3) is 0.647. The third-order valence-electron chi connectivity index (χ3n) is 4.56. The maximum absolute atomic E-state index is 3.73. The molecule has 20 heavy (non-hydrogen) atoms. The summed E-state index contributed by atoms with van der Waals surface area (Å²) in [5.41, 5.74) is 1.46. The van der Waals surface area contributed by atoms with Crippen molar-refractivity contribution in [2.45, 2.75) is 31.3 Å². The molecule has 110 valence electrons. The van der Waals surface area contributed by atoms with Crippen LogP contribution in [0.25, 0.3) is 0 Å². The fourth-order valence-corrected chi connectivity index (χ4v) is 3.08. The lowest BCUT2D eigenvalue weighted by Gasteiger charge is -2.31. The molecule has 0 radical (unpaired) electrons. The summed E-state index contributed by atoms with van der Waals surface area (Å²) in [6.45, 7) is 5.91. The summed E-state index contributed by atoms with van der Waals surface area (Å²) in [6, 6.07) is 12.3. The molecule has 2 fully saturated rings. The van der Waals surface area contributed by atoms with Crippen molar-refractivity contribution >= 4 is 0 Å². The topological polar surface area (TPSA) is 18.5 Å². The summed E-state index contributed by atoms with van der Waals surface area (Å²) in [7, 11) is 2.24. The van der Waals surface area contributed by atoms with E-state index in [0.717, 1.165) is 12.6 Å². The van der Waals surface area contributed by atoms with Gasteiger partial charge in [-0.25, -0.2) is 0 Å². The maximum Gasteiger partial charge on any atom is 0.0473 e. The molecule has 0 spiro atoms. The number of hydrogen-bond donors (Lipinski definition) is 1. The van der Waals surface area contributed by atoms with Crippen molar-refractivity contribution < 1.29 is 0 Å². The Hall–Kier alpha value is -0.900. The van der Waals surface area contributed by atoms with Gasteiger partial charge in [0.15, 0.2) is 0 Å². The smallest absolute Gasteiger partial charge is 0.0473 e. The number of nitrogens with one attached hydrogen (secondary N) is 1. The summed E-state index contributed by atoms with van der Waals surface area (Å²) in [5, 5.41) is 3.73. The molecule has 1 aromatic rings. The van der Waals surface area contributed by atoms with E-state index in [4.69, 9.17) is 0 Å². The standard InChI is InChI=1S/C17H27N3/c1-19-10-5-11-20(13-12-19)17(14-18-16-8-9-16)15-6-3-2-4-7-15/h2-4,6-7,16-18H,5,8-14H2,1H3. The summed E-state index contributed by atoms with van der Waals surface area (Å²) in [5.74, 6) is 0. The van der Waals surface area contributed by atoms with Crippen LogP contribution in [0.2, 0.25) is 0 Å². The summed E-state index contributed by atoms with van der Waals surface area (Å²) >= 11 is 0. The molecule has 1 aliphatic carbocycles. The monoisotopic (exact) mass is 273 g/mol. The van der Waals surface area contributed by atoms with Gasteiger partial charge < -0.3 is 10.2 Å². The lowest BCUT2D eigenvalue weighted by Crippen LogP contribution is -2.38. The molecule has 3 rings (SSSR count). The molecule has 1 N–H and O–H groups in total. The molecular weight excluding hydrogens is 246 g/mol. The van der Waals surface area contributed by atoms with E-state index in [1.807, 2.05) is 0 Å². The van der Waals surface area contributed by atoms with Crippen LogP contribution in [0.15, 0.2) is 30.3 Å². The molecule has 3 heteroatoms. The average molecular weight is 273 g/mol. The number of nitrogens with zero attached hydrogens (tertiary/aromatic N) is 2. The Balaban J connectivity index is 1.69. The van der Waals surface area contributed by atoms with E-state index in [-0.39, 0.29) is 0 Å². The number of hydrogen-bond acceptors (Lipinski definition) is 3. The zero-order chi connectivity index (χ0) is 13.8. The zero-order valence-corrected chi connectivity index (χ0v) is 12.6. The molecule has 2 aliphatic rings. The van der Waals surface area contributed by atoms with Gasteiger partial charge in [-0.05, 0) is 38.4 Å². The van der Waals surface area contributed by atoms with E-state index in [2.05, 4.69) is 52.5 Å². The Morgan fingerprint density at radius 3 is 2.65 bits per heavy atom. The molecule has 1 aliphatic heterocycles. The summed E-state index contributed by atoms with van der Waals surface area (Å²) < 4.78 is 0. The first-order valence-corrected chi connectivity index (χ1v) is 8.04. The third kappa shape index (κ3) is 3.81. The largest absolute Gasteiger partial charge is 0.312 e. The quantitative estimate of drug-likeness (QED) is 0.886. The summed E-state index contributed by atoms with van der Waals surface area (Å²) in [4.78, 5) is 5.13. The van der Waals surface area contributed by atoms with Crippen LogP contribution in [0.3, 0.4) is 0 Å². The van der Waals surface area contributed by atoms with Gasteiger partial charge in [0.25, 0.3) is 0 Å². The highest BCUT2D eigenvalue weighted by Crippen LogP contribution is 2.24. The number of likely N-dealkylation sites (N-methyl/N-ethyl adjacent to an activating group) is 1. The van der Waals surface area contributed by atoms with Gasteiger partial charge in [0.2, 0.25) is 0 Å². The SMILES string of the molecule is CN1CCCN(C(CNC2CC2)c2ccccc2)CC1. The van der Waals surface area contributed by atoms with Crippen LogP contribution in [-0.4, -0.2) is 55.6 Å². The molecule has 3 nitrogen and oxygen atoms in total. The van der Waals surface area contributed by atoms with Crippen molar-refractivity contribution in [3.05, 3.63) is 35.9 Å². The average Bonchev–Trinajstić information content (AvgIpc) is 3.30. The summed E-state index contributed by atoms with van der Waals surface area (Å²) in [6.07, 6.45) is 4.01. The minimum Gasteiger partial charge on any atom is -0.312 e. The molecule has 1 atom stereocenters.